The molecule has 1 atom stereocenters. The Morgan fingerprint density at radius 2 is 2.18 bits per heavy atom. The van der Waals surface area contributed by atoms with Gasteiger partial charge in [-0.2, -0.15) is 0 Å². The predicted octanol–water partition coefficient (Wildman–Crippen LogP) is 3.57. The van der Waals surface area contributed by atoms with E-state index in [2.05, 4.69) is 68.4 Å². The van der Waals surface area contributed by atoms with E-state index in [1.54, 1.807) is 0 Å². The van der Waals surface area contributed by atoms with Gasteiger partial charge < -0.3 is 10.7 Å². The Balaban J connectivity index is 2.63. The van der Waals surface area contributed by atoms with Crippen molar-refractivity contribution >= 4 is 5.70 Å². The van der Waals surface area contributed by atoms with Crippen LogP contribution in [0.25, 0.3) is 5.70 Å². The van der Waals surface area contributed by atoms with Crippen LogP contribution in [0.1, 0.15) is 31.4 Å². The number of benzene rings is 1. The van der Waals surface area contributed by atoms with Gasteiger partial charge in [-0.3, -0.25) is 5.84 Å². The lowest BCUT2D eigenvalue weighted by atomic mass is 9.90. The predicted molar refractivity (Wildman–Crippen MR) is 94.7 cm³/mol. The molecule has 1 aromatic rings. The van der Waals surface area contributed by atoms with Crippen LogP contribution in [0, 0.1) is 6.92 Å². The zero-order valence-corrected chi connectivity index (χ0v) is 13.6. The fraction of sp³-hybridized carbons (Fsp3) is 0.263. The first-order valence-corrected chi connectivity index (χ1v) is 7.67. The number of hydrazine groups is 1. The Morgan fingerprint density at radius 1 is 1.41 bits per heavy atom. The van der Waals surface area contributed by atoms with Gasteiger partial charge in [-0.05, 0) is 55.3 Å². The van der Waals surface area contributed by atoms with E-state index in [-0.39, 0.29) is 6.04 Å². The number of nitrogens with two attached hydrogens (primary N) is 1. The molecule has 0 saturated heterocycles. The number of nitrogens with one attached hydrogen (secondary N) is 2. The first-order valence-electron chi connectivity index (χ1n) is 7.67. The van der Waals surface area contributed by atoms with E-state index in [0.29, 0.717) is 0 Å². The van der Waals surface area contributed by atoms with Crippen molar-refractivity contribution < 1.29 is 0 Å². The molecule has 1 aromatic carbocycles. The van der Waals surface area contributed by atoms with E-state index in [0.717, 1.165) is 34.4 Å². The number of rotatable bonds is 5. The molecular formula is C19H25N3. The van der Waals surface area contributed by atoms with Crippen LogP contribution in [0.15, 0.2) is 65.9 Å². The standard InChI is InChI=1S/C19H25N3/c1-5-14(3)18(16-9-10-21-15(4)12-16)19(22-20)17-8-6-7-13(2)11-17/h6-12,15,21-22H,3,5,20H2,1-2,4H3/b19-18+. The summed E-state index contributed by atoms with van der Waals surface area (Å²) in [4.78, 5) is 0. The lowest BCUT2D eigenvalue weighted by Gasteiger charge is -2.22. The van der Waals surface area contributed by atoms with Gasteiger partial charge in [-0.15, -0.1) is 0 Å². The minimum absolute atomic E-state index is 0.288. The van der Waals surface area contributed by atoms with E-state index in [1.807, 2.05) is 12.3 Å². The molecule has 0 amide bonds. The van der Waals surface area contributed by atoms with Crippen molar-refractivity contribution in [1.82, 2.24) is 10.7 Å². The third kappa shape index (κ3) is 3.49. The number of dihydropyridines is 1. The highest BCUT2D eigenvalue weighted by molar-refractivity contribution is 5.77. The van der Waals surface area contributed by atoms with E-state index >= 15 is 0 Å². The fourth-order valence-electron chi connectivity index (χ4n) is 2.63. The Labute approximate surface area is 133 Å². The molecule has 0 aromatic heterocycles. The summed E-state index contributed by atoms with van der Waals surface area (Å²) in [5.41, 5.74) is 9.39. The van der Waals surface area contributed by atoms with Gasteiger partial charge in [0.15, 0.2) is 0 Å². The Morgan fingerprint density at radius 3 is 2.77 bits per heavy atom. The van der Waals surface area contributed by atoms with Crippen LogP contribution in [0.5, 0.6) is 0 Å². The van der Waals surface area contributed by atoms with Gasteiger partial charge in [0.25, 0.3) is 0 Å². The van der Waals surface area contributed by atoms with Gasteiger partial charge >= 0.3 is 0 Å². The second kappa shape index (κ2) is 7.14. The summed E-state index contributed by atoms with van der Waals surface area (Å²) < 4.78 is 0. The smallest absolute Gasteiger partial charge is 0.0638 e. The number of allylic oxidation sites excluding steroid dienone is 4. The number of aryl methyl sites for hydroxylation is 1. The van der Waals surface area contributed by atoms with Gasteiger partial charge in [0.2, 0.25) is 0 Å². The zero-order chi connectivity index (χ0) is 16.1. The molecule has 3 heteroatoms. The molecule has 0 radical (unpaired) electrons. The molecule has 1 aliphatic rings. The van der Waals surface area contributed by atoms with Crippen LogP contribution in [0.2, 0.25) is 0 Å². The summed E-state index contributed by atoms with van der Waals surface area (Å²) in [5.74, 6) is 5.87. The zero-order valence-electron chi connectivity index (χ0n) is 13.6. The molecule has 0 spiro atoms. The van der Waals surface area contributed by atoms with E-state index in [9.17, 15) is 0 Å². The van der Waals surface area contributed by atoms with E-state index < -0.39 is 0 Å². The van der Waals surface area contributed by atoms with Crippen LogP contribution in [0.4, 0.5) is 0 Å². The fourth-order valence-corrected chi connectivity index (χ4v) is 2.63. The Kier molecular flexibility index (Phi) is 5.23. The van der Waals surface area contributed by atoms with Crippen molar-refractivity contribution in [3.05, 3.63) is 77.0 Å². The minimum atomic E-state index is 0.288. The maximum atomic E-state index is 5.87. The third-order valence-corrected chi connectivity index (χ3v) is 3.82. The van der Waals surface area contributed by atoms with Crippen molar-refractivity contribution in [3.63, 3.8) is 0 Å². The summed E-state index contributed by atoms with van der Waals surface area (Å²) in [6, 6.07) is 8.62. The van der Waals surface area contributed by atoms with Gasteiger partial charge in [0, 0.05) is 11.6 Å². The first-order chi connectivity index (χ1) is 10.6. The quantitative estimate of drug-likeness (QED) is 0.442. The maximum absolute atomic E-state index is 5.87. The highest BCUT2D eigenvalue weighted by Crippen LogP contribution is 2.30. The highest BCUT2D eigenvalue weighted by atomic mass is 15.2. The third-order valence-electron chi connectivity index (χ3n) is 3.82. The Hall–Kier alpha value is -2.26. The highest BCUT2D eigenvalue weighted by Gasteiger charge is 2.16. The molecule has 4 N–H and O–H groups in total. The minimum Gasteiger partial charge on any atom is -0.385 e. The molecule has 1 aliphatic heterocycles. The normalized spacial score (nSPS) is 18.2. The Bertz CT molecular complexity index is 650. The van der Waals surface area contributed by atoms with Crippen molar-refractivity contribution in [1.29, 1.82) is 0 Å². The number of hydrogen-bond acceptors (Lipinski definition) is 3. The van der Waals surface area contributed by atoms with Crippen LogP contribution in [-0.4, -0.2) is 6.04 Å². The molecule has 1 unspecified atom stereocenters. The van der Waals surface area contributed by atoms with Crippen molar-refractivity contribution in [2.45, 2.75) is 33.2 Å². The van der Waals surface area contributed by atoms with Gasteiger partial charge in [-0.25, -0.2) is 0 Å². The molecule has 22 heavy (non-hydrogen) atoms. The largest absolute Gasteiger partial charge is 0.385 e. The second-order valence-corrected chi connectivity index (χ2v) is 5.63. The van der Waals surface area contributed by atoms with Gasteiger partial charge in [0.1, 0.15) is 0 Å². The molecule has 1 heterocycles. The van der Waals surface area contributed by atoms with Crippen molar-refractivity contribution in [2.24, 2.45) is 5.84 Å². The lowest BCUT2D eigenvalue weighted by Crippen LogP contribution is -2.25. The van der Waals surface area contributed by atoms with Crippen molar-refractivity contribution in [2.75, 3.05) is 0 Å². The van der Waals surface area contributed by atoms with Crippen LogP contribution < -0.4 is 16.6 Å². The summed E-state index contributed by atoms with van der Waals surface area (Å²) in [5, 5.41) is 3.27. The van der Waals surface area contributed by atoms with Crippen molar-refractivity contribution in [3.8, 4) is 0 Å². The molecule has 0 fully saturated rings. The maximum Gasteiger partial charge on any atom is 0.0638 e. The summed E-state index contributed by atoms with van der Waals surface area (Å²) in [7, 11) is 0. The molecule has 3 nitrogen and oxygen atoms in total. The topological polar surface area (TPSA) is 50.1 Å². The first kappa shape index (κ1) is 16.1. The van der Waals surface area contributed by atoms with Crippen LogP contribution in [-0.2, 0) is 0 Å². The molecule has 0 bridgehead atoms. The molecular weight excluding hydrogens is 270 g/mol. The SMILES string of the molecule is C=C(CC)/C(C1=CC(C)NC=C1)=C(\NN)c1cccc(C)c1. The number of hydrogen-bond donors (Lipinski definition) is 3. The van der Waals surface area contributed by atoms with E-state index in [1.165, 1.54) is 5.56 Å². The van der Waals surface area contributed by atoms with Crippen LogP contribution in [0.3, 0.4) is 0 Å². The molecule has 0 aliphatic carbocycles. The average molecular weight is 295 g/mol. The molecule has 2 rings (SSSR count). The lowest BCUT2D eigenvalue weighted by molar-refractivity contribution is 0.754. The van der Waals surface area contributed by atoms with Gasteiger partial charge in [-0.1, -0.05) is 43.3 Å². The van der Waals surface area contributed by atoms with E-state index in [4.69, 9.17) is 5.84 Å². The van der Waals surface area contributed by atoms with Gasteiger partial charge in [0.05, 0.1) is 5.70 Å². The molecule has 116 valence electrons. The monoisotopic (exact) mass is 295 g/mol. The molecule has 0 saturated carbocycles. The summed E-state index contributed by atoms with van der Waals surface area (Å²) in [6.07, 6.45) is 7.12. The second-order valence-electron chi connectivity index (χ2n) is 5.63. The summed E-state index contributed by atoms with van der Waals surface area (Å²) in [6.45, 7) is 10.6. The summed E-state index contributed by atoms with van der Waals surface area (Å²) >= 11 is 0. The average Bonchev–Trinajstić information content (AvgIpc) is 2.51. The van der Waals surface area contributed by atoms with Crippen LogP contribution >= 0.6 is 0 Å².